The highest BCUT2D eigenvalue weighted by Crippen LogP contribution is 2.54. The SMILES string of the molecule is C=C1CC1(CCC(C)C#N)CNCl. The van der Waals surface area contributed by atoms with Crippen LogP contribution < -0.4 is 4.84 Å². The Morgan fingerprint density at radius 3 is 2.85 bits per heavy atom. The topological polar surface area (TPSA) is 35.8 Å². The summed E-state index contributed by atoms with van der Waals surface area (Å²) in [6.45, 7) is 6.70. The van der Waals surface area contributed by atoms with Crippen LogP contribution in [0.5, 0.6) is 0 Å². The Morgan fingerprint density at radius 2 is 2.46 bits per heavy atom. The standard InChI is InChI=1S/C10H15ClN2/c1-8(6-12)3-4-10(7-13-11)5-9(10)2/h8,13H,2-5,7H2,1H3. The second-order valence-corrected chi connectivity index (χ2v) is 4.21. The summed E-state index contributed by atoms with van der Waals surface area (Å²) in [6.07, 6.45) is 3.03. The summed E-state index contributed by atoms with van der Waals surface area (Å²) < 4.78 is 0. The van der Waals surface area contributed by atoms with Gasteiger partial charge in [-0.3, -0.25) is 0 Å². The minimum atomic E-state index is 0.139. The number of hydrogen-bond donors (Lipinski definition) is 1. The molecule has 2 nitrogen and oxygen atoms in total. The lowest BCUT2D eigenvalue weighted by molar-refractivity contribution is 0.440. The Morgan fingerprint density at radius 1 is 1.85 bits per heavy atom. The van der Waals surface area contributed by atoms with E-state index in [-0.39, 0.29) is 11.3 Å². The van der Waals surface area contributed by atoms with Crippen molar-refractivity contribution in [1.82, 2.24) is 4.84 Å². The Hall–Kier alpha value is -0.520. The van der Waals surface area contributed by atoms with Crippen molar-refractivity contribution in [3.05, 3.63) is 12.2 Å². The van der Waals surface area contributed by atoms with E-state index in [0.717, 1.165) is 25.8 Å². The van der Waals surface area contributed by atoms with Gasteiger partial charge in [0.1, 0.15) is 0 Å². The lowest BCUT2D eigenvalue weighted by Crippen LogP contribution is -2.17. The molecule has 0 aromatic carbocycles. The van der Waals surface area contributed by atoms with Crippen molar-refractivity contribution in [3.63, 3.8) is 0 Å². The average molecular weight is 199 g/mol. The van der Waals surface area contributed by atoms with Gasteiger partial charge in [-0.05, 0) is 38.0 Å². The first-order valence-electron chi connectivity index (χ1n) is 4.56. The van der Waals surface area contributed by atoms with Crippen LogP contribution >= 0.6 is 11.8 Å². The predicted molar refractivity (Wildman–Crippen MR) is 54.1 cm³/mol. The van der Waals surface area contributed by atoms with Gasteiger partial charge in [-0.2, -0.15) is 5.26 Å². The lowest BCUT2D eigenvalue weighted by Gasteiger charge is -2.13. The van der Waals surface area contributed by atoms with Crippen LogP contribution in [0.25, 0.3) is 0 Å². The van der Waals surface area contributed by atoms with Crippen molar-refractivity contribution in [2.24, 2.45) is 11.3 Å². The van der Waals surface area contributed by atoms with Gasteiger partial charge in [-0.15, -0.1) is 0 Å². The zero-order valence-corrected chi connectivity index (χ0v) is 8.69. The Bertz CT molecular complexity index is 244. The van der Waals surface area contributed by atoms with Gasteiger partial charge in [0.15, 0.2) is 0 Å². The van der Waals surface area contributed by atoms with E-state index < -0.39 is 0 Å². The normalized spacial score (nSPS) is 28.2. The van der Waals surface area contributed by atoms with Gasteiger partial charge in [0.05, 0.1) is 6.07 Å². The van der Waals surface area contributed by atoms with Crippen LogP contribution in [0.3, 0.4) is 0 Å². The molecule has 3 heteroatoms. The number of nitriles is 1. The molecule has 1 rings (SSSR count). The first-order chi connectivity index (χ1) is 6.14. The summed E-state index contributed by atoms with van der Waals surface area (Å²) in [7, 11) is 0. The molecular formula is C10H15ClN2. The van der Waals surface area contributed by atoms with Crippen molar-refractivity contribution < 1.29 is 0 Å². The molecule has 0 bridgehead atoms. The molecule has 1 N–H and O–H groups in total. The van der Waals surface area contributed by atoms with E-state index in [4.69, 9.17) is 17.0 Å². The maximum absolute atomic E-state index is 8.63. The molecule has 1 fully saturated rings. The quantitative estimate of drug-likeness (QED) is 0.545. The van der Waals surface area contributed by atoms with Gasteiger partial charge in [0, 0.05) is 17.9 Å². The molecule has 2 unspecified atom stereocenters. The highest BCUT2D eigenvalue weighted by atomic mass is 35.5. The second kappa shape index (κ2) is 4.13. The van der Waals surface area contributed by atoms with Crippen molar-refractivity contribution in [2.75, 3.05) is 6.54 Å². The molecular weight excluding hydrogens is 184 g/mol. The number of halogens is 1. The fourth-order valence-electron chi connectivity index (χ4n) is 1.59. The first-order valence-corrected chi connectivity index (χ1v) is 4.94. The number of nitrogens with one attached hydrogen (secondary N) is 1. The molecule has 13 heavy (non-hydrogen) atoms. The third-order valence-electron chi connectivity index (χ3n) is 2.86. The van der Waals surface area contributed by atoms with Gasteiger partial charge >= 0.3 is 0 Å². The molecule has 0 spiro atoms. The first kappa shape index (κ1) is 10.6. The van der Waals surface area contributed by atoms with Gasteiger partial charge < -0.3 is 0 Å². The summed E-state index contributed by atoms with van der Waals surface area (Å²) in [5.41, 5.74) is 1.47. The van der Waals surface area contributed by atoms with Crippen molar-refractivity contribution in [3.8, 4) is 6.07 Å². The molecule has 0 amide bonds. The van der Waals surface area contributed by atoms with Crippen LogP contribution in [0.1, 0.15) is 26.2 Å². The van der Waals surface area contributed by atoms with E-state index in [1.54, 1.807) is 0 Å². The Balaban J connectivity index is 2.35. The van der Waals surface area contributed by atoms with Gasteiger partial charge in [-0.1, -0.05) is 12.2 Å². The maximum Gasteiger partial charge on any atom is 0.0652 e. The fraction of sp³-hybridized carbons (Fsp3) is 0.700. The summed E-state index contributed by atoms with van der Waals surface area (Å²) in [6, 6.07) is 2.24. The van der Waals surface area contributed by atoms with Crippen molar-refractivity contribution >= 4 is 11.8 Å². The lowest BCUT2D eigenvalue weighted by atomic mass is 9.94. The Labute approximate surface area is 84.7 Å². The number of hydrogen-bond acceptors (Lipinski definition) is 2. The van der Waals surface area contributed by atoms with Gasteiger partial charge in [0.25, 0.3) is 0 Å². The van der Waals surface area contributed by atoms with Crippen molar-refractivity contribution in [2.45, 2.75) is 26.2 Å². The van der Waals surface area contributed by atoms with Crippen LogP contribution in [-0.2, 0) is 0 Å². The minimum Gasteiger partial charge on any atom is -0.233 e. The third-order valence-corrected chi connectivity index (χ3v) is 2.99. The van der Waals surface area contributed by atoms with Gasteiger partial charge in [0.2, 0.25) is 0 Å². The predicted octanol–water partition coefficient (Wildman–Crippen LogP) is 2.62. The van der Waals surface area contributed by atoms with Crippen LogP contribution in [0, 0.1) is 22.7 Å². The Kier molecular flexibility index (Phi) is 3.35. The summed E-state index contributed by atoms with van der Waals surface area (Å²) in [5, 5.41) is 8.63. The highest BCUT2D eigenvalue weighted by molar-refractivity contribution is 6.13. The monoisotopic (exact) mass is 198 g/mol. The molecule has 0 saturated heterocycles. The number of rotatable bonds is 5. The van der Waals surface area contributed by atoms with Crippen molar-refractivity contribution in [1.29, 1.82) is 5.26 Å². The van der Waals surface area contributed by atoms with Crippen LogP contribution in [0.15, 0.2) is 12.2 Å². The van der Waals surface area contributed by atoms with E-state index >= 15 is 0 Å². The molecule has 1 saturated carbocycles. The molecule has 0 aromatic rings. The molecule has 0 heterocycles. The zero-order chi connectivity index (χ0) is 9.90. The molecule has 0 radical (unpaired) electrons. The summed E-state index contributed by atoms with van der Waals surface area (Å²) in [5.74, 6) is 0.139. The average Bonchev–Trinajstić information content (AvgIpc) is 2.74. The molecule has 0 aliphatic heterocycles. The van der Waals surface area contributed by atoms with E-state index in [2.05, 4.69) is 17.5 Å². The van der Waals surface area contributed by atoms with E-state index in [0.29, 0.717) is 0 Å². The van der Waals surface area contributed by atoms with Crippen LogP contribution in [0.2, 0.25) is 0 Å². The zero-order valence-electron chi connectivity index (χ0n) is 7.94. The van der Waals surface area contributed by atoms with Gasteiger partial charge in [-0.25, -0.2) is 4.84 Å². The molecule has 0 aromatic heterocycles. The maximum atomic E-state index is 8.63. The van der Waals surface area contributed by atoms with E-state index in [1.165, 1.54) is 5.57 Å². The largest absolute Gasteiger partial charge is 0.233 e. The van der Waals surface area contributed by atoms with Crippen LogP contribution in [0.4, 0.5) is 0 Å². The highest BCUT2D eigenvalue weighted by Gasteiger charge is 2.46. The van der Waals surface area contributed by atoms with E-state index in [9.17, 15) is 0 Å². The molecule has 72 valence electrons. The molecule has 1 aliphatic carbocycles. The summed E-state index contributed by atoms with van der Waals surface area (Å²) >= 11 is 5.48. The second-order valence-electron chi connectivity index (χ2n) is 3.94. The van der Waals surface area contributed by atoms with E-state index in [1.807, 2.05) is 6.92 Å². The number of nitrogens with zero attached hydrogens (tertiary/aromatic N) is 1. The minimum absolute atomic E-state index is 0.139. The fourth-order valence-corrected chi connectivity index (χ4v) is 1.85. The smallest absolute Gasteiger partial charge is 0.0652 e. The molecule has 1 aliphatic rings. The summed E-state index contributed by atoms with van der Waals surface area (Å²) in [4.78, 5) is 2.67. The molecule has 2 atom stereocenters. The third kappa shape index (κ3) is 2.46. The van der Waals surface area contributed by atoms with Crippen LogP contribution in [-0.4, -0.2) is 6.54 Å².